The summed E-state index contributed by atoms with van der Waals surface area (Å²) in [6.45, 7) is 0.00902. The van der Waals surface area contributed by atoms with Gasteiger partial charge in [0, 0.05) is 0 Å². The van der Waals surface area contributed by atoms with Crippen molar-refractivity contribution in [2.45, 2.75) is 49.8 Å². The Morgan fingerprint density at radius 2 is 1.94 bits per heavy atom. The lowest BCUT2D eigenvalue weighted by Crippen LogP contribution is -2.33. The number of ether oxygens (including phenoxy) is 1. The number of nitrogens with two attached hydrogens (primary N) is 3. The number of unbranched alkanes of at least 4 members (excludes halogenated alkanes) is 1. The van der Waals surface area contributed by atoms with Crippen LogP contribution in [0.1, 0.15) is 25.5 Å². The first kappa shape index (κ1) is 27.0. The minimum absolute atomic E-state index is 0.142. The molecule has 0 saturated carbocycles. The third-order valence-corrected chi connectivity index (χ3v) is 5.18. The molecule has 0 radical (unpaired) electrons. The van der Waals surface area contributed by atoms with Gasteiger partial charge in [-0.15, -0.1) is 0 Å². The zero-order chi connectivity index (χ0) is 24.8. The number of nitrogen functional groups attached to an aromatic ring is 1. The molecule has 1 saturated heterocycles. The van der Waals surface area contributed by atoms with E-state index in [9.17, 15) is 19.6 Å². The van der Waals surface area contributed by atoms with Gasteiger partial charge in [0.2, 0.25) is 0 Å². The number of nitrogens with zero attached hydrogens (tertiary/aromatic N) is 4. The summed E-state index contributed by atoms with van der Waals surface area (Å²) in [6, 6.07) is -0.716. The Bertz CT molecular complexity index is 971. The maximum atomic E-state index is 10.7. The van der Waals surface area contributed by atoms with E-state index in [1.165, 1.54) is 17.2 Å². The Labute approximate surface area is 187 Å². The zero-order valence-electron chi connectivity index (χ0n) is 17.4. The molecular formula is C16H28N7O9P. The monoisotopic (exact) mass is 493 g/mol. The van der Waals surface area contributed by atoms with Crippen molar-refractivity contribution in [2.75, 3.05) is 18.9 Å². The average molecular weight is 493 g/mol. The highest BCUT2D eigenvalue weighted by atomic mass is 31.2. The molecule has 0 amide bonds. The van der Waals surface area contributed by atoms with Crippen LogP contribution in [0.3, 0.4) is 0 Å². The summed E-state index contributed by atoms with van der Waals surface area (Å²) in [5.41, 5.74) is 16.7. The highest BCUT2D eigenvalue weighted by Gasteiger charge is 2.45. The third-order valence-electron chi connectivity index (χ3n) is 4.69. The molecule has 186 valence electrons. The van der Waals surface area contributed by atoms with Gasteiger partial charge in [-0.3, -0.25) is 13.9 Å². The second-order valence-corrected chi connectivity index (χ2v) is 8.38. The molecule has 1 aliphatic heterocycles. The molecule has 0 bridgehead atoms. The van der Waals surface area contributed by atoms with Crippen LogP contribution in [0.15, 0.2) is 12.7 Å². The van der Waals surface area contributed by atoms with E-state index in [4.69, 9.17) is 36.8 Å². The summed E-state index contributed by atoms with van der Waals surface area (Å²) < 4.78 is 21.8. The summed E-state index contributed by atoms with van der Waals surface area (Å²) >= 11 is 0. The van der Waals surface area contributed by atoms with Crippen LogP contribution in [0.2, 0.25) is 0 Å². The summed E-state index contributed by atoms with van der Waals surface area (Å²) in [5.74, 6) is -0.791. The third kappa shape index (κ3) is 7.36. The van der Waals surface area contributed by atoms with E-state index in [1.54, 1.807) is 0 Å². The highest BCUT2D eigenvalue weighted by molar-refractivity contribution is 7.46. The number of carboxylic acids is 1. The lowest BCUT2D eigenvalue weighted by atomic mass is 10.1. The van der Waals surface area contributed by atoms with Crippen LogP contribution in [0, 0.1) is 0 Å². The largest absolute Gasteiger partial charge is 0.480 e. The molecule has 1 fully saturated rings. The molecule has 16 nitrogen and oxygen atoms in total. The van der Waals surface area contributed by atoms with Crippen LogP contribution in [0.5, 0.6) is 0 Å². The van der Waals surface area contributed by atoms with Crippen molar-refractivity contribution in [3.8, 4) is 0 Å². The van der Waals surface area contributed by atoms with E-state index >= 15 is 0 Å². The molecule has 11 N–H and O–H groups in total. The van der Waals surface area contributed by atoms with E-state index < -0.39 is 51.0 Å². The minimum atomic E-state index is -4.72. The van der Waals surface area contributed by atoms with Gasteiger partial charge >= 0.3 is 13.8 Å². The molecular weight excluding hydrogens is 465 g/mol. The molecule has 33 heavy (non-hydrogen) atoms. The Kier molecular flexibility index (Phi) is 9.59. The van der Waals surface area contributed by atoms with Gasteiger partial charge in [-0.1, -0.05) is 6.42 Å². The van der Waals surface area contributed by atoms with E-state index in [-0.39, 0.29) is 11.5 Å². The number of phosphoric acid groups is 1. The van der Waals surface area contributed by atoms with Gasteiger partial charge < -0.3 is 47.0 Å². The lowest BCUT2D eigenvalue weighted by Gasteiger charge is -2.16. The molecule has 1 aliphatic rings. The van der Waals surface area contributed by atoms with Crippen molar-refractivity contribution in [3.05, 3.63) is 12.7 Å². The normalized spacial score (nSPS) is 23.8. The Morgan fingerprint density at radius 1 is 1.24 bits per heavy atom. The fourth-order valence-electron chi connectivity index (χ4n) is 2.96. The molecule has 5 atom stereocenters. The standard InChI is InChI=1S/C10H14N5O7P.C6H14N2O2/c11-8-5-9(13-2-12-8)15(3-14-5)10-7(17)6(16)4(22-10)1-21-23(18,19)20;7-4-2-1-3-5(8)6(9)10/h2-4,6-7,10,16-17H,1H2,(H2,11,12,13)(H2,18,19,20);5H,1-4,7-8H2,(H,9,10)/t4-,6-,7-,10-;5-/m10/s1. The van der Waals surface area contributed by atoms with Gasteiger partial charge in [-0.25, -0.2) is 19.5 Å². The van der Waals surface area contributed by atoms with Crippen LogP contribution < -0.4 is 17.2 Å². The number of phosphoric ester groups is 1. The number of aliphatic carboxylic acids is 1. The highest BCUT2D eigenvalue weighted by Crippen LogP contribution is 2.38. The van der Waals surface area contributed by atoms with Crippen LogP contribution >= 0.6 is 7.82 Å². The Morgan fingerprint density at radius 3 is 2.55 bits per heavy atom. The smallest absolute Gasteiger partial charge is 0.469 e. The predicted molar refractivity (Wildman–Crippen MR) is 112 cm³/mol. The first-order chi connectivity index (χ1) is 15.5. The number of imidazole rings is 1. The van der Waals surface area contributed by atoms with Crippen molar-refractivity contribution >= 4 is 30.8 Å². The van der Waals surface area contributed by atoms with Crippen molar-refractivity contribution in [1.82, 2.24) is 19.5 Å². The van der Waals surface area contributed by atoms with Gasteiger partial charge in [0.05, 0.1) is 12.9 Å². The Balaban J connectivity index is 0.000000328. The fraction of sp³-hybridized carbons (Fsp3) is 0.625. The second kappa shape index (κ2) is 11.7. The maximum absolute atomic E-state index is 10.7. The average Bonchev–Trinajstić information content (AvgIpc) is 3.29. The summed E-state index contributed by atoms with van der Waals surface area (Å²) in [5, 5.41) is 28.4. The van der Waals surface area contributed by atoms with Crippen LogP contribution in [0.25, 0.3) is 11.2 Å². The summed E-state index contributed by atoms with van der Waals surface area (Å²) in [4.78, 5) is 39.3. The molecule has 0 spiro atoms. The van der Waals surface area contributed by atoms with E-state index in [1.807, 2.05) is 0 Å². The van der Waals surface area contributed by atoms with Gasteiger partial charge in [0.1, 0.15) is 36.2 Å². The summed E-state index contributed by atoms with van der Waals surface area (Å²) in [7, 11) is -4.72. The lowest BCUT2D eigenvalue weighted by molar-refractivity contribution is -0.138. The van der Waals surface area contributed by atoms with Crippen LogP contribution in [-0.4, -0.2) is 88.1 Å². The number of rotatable bonds is 9. The quantitative estimate of drug-likeness (QED) is 0.134. The number of carbonyl (C=O) groups is 1. The number of aromatic nitrogens is 4. The molecule has 3 rings (SSSR count). The van der Waals surface area contributed by atoms with Gasteiger partial charge in [-0.05, 0) is 19.4 Å². The van der Waals surface area contributed by atoms with Gasteiger partial charge in [-0.2, -0.15) is 0 Å². The van der Waals surface area contributed by atoms with Gasteiger partial charge in [0.15, 0.2) is 17.7 Å². The number of carboxylic acid groups (broad SMARTS) is 1. The molecule has 3 heterocycles. The molecule has 0 unspecified atom stereocenters. The van der Waals surface area contributed by atoms with Gasteiger partial charge in [0.25, 0.3) is 0 Å². The fourth-order valence-corrected chi connectivity index (χ4v) is 3.30. The first-order valence-electron chi connectivity index (χ1n) is 9.79. The predicted octanol–water partition coefficient (Wildman–Crippen LogP) is -2.34. The van der Waals surface area contributed by atoms with E-state index in [2.05, 4.69) is 19.5 Å². The number of hydrogen-bond acceptors (Lipinski definition) is 12. The number of aliphatic hydroxyl groups excluding tert-OH is 2. The molecule has 0 aliphatic carbocycles. The number of hydrogen-bond donors (Lipinski definition) is 8. The number of fused-ring (bicyclic) bond motifs is 1. The van der Waals surface area contributed by atoms with Crippen molar-refractivity contribution in [1.29, 1.82) is 0 Å². The second-order valence-electron chi connectivity index (χ2n) is 7.14. The molecule has 0 aromatic carbocycles. The van der Waals surface area contributed by atoms with E-state index in [0.717, 1.165) is 12.8 Å². The molecule has 17 heteroatoms. The minimum Gasteiger partial charge on any atom is -0.480 e. The van der Waals surface area contributed by atoms with Crippen LogP contribution in [-0.2, 0) is 18.6 Å². The zero-order valence-corrected chi connectivity index (χ0v) is 18.3. The summed E-state index contributed by atoms with van der Waals surface area (Å²) in [6.07, 6.45) is -0.326. The molecule has 2 aromatic rings. The number of anilines is 1. The topological polar surface area (TPSA) is 275 Å². The van der Waals surface area contributed by atoms with Crippen molar-refractivity contribution in [2.24, 2.45) is 11.5 Å². The number of aliphatic hydroxyl groups is 2. The first-order valence-corrected chi connectivity index (χ1v) is 11.3. The van der Waals surface area contributed by atoms with Crippen molar-refractivity contribution < 1.29 is 43.7 Å². The Hall–Kier alpha value is -2.27. The molecule has 2 aromatic heterocycles. The van der Waals surface area contributed by atoms with E-state index in [0.29, 0.717) is 18.5 Å². The SMILES string of the molecule is NCCCC[C@H](N)C(=O)O.Nc1ncnc2c1ncn2[C@@H]1O[C@H](COP(=O)(O)O)[C@@H](O)[C@H]1O. The maximum Gasteiger partial charge on any atom is 0.469 e. The van der Waals surface area contributed by atoms with Crippen LogP contribution in [0.4, 0.5) is 5.82 Å². The van der Waals surface area contributed by atoms with Crippen molar-refractivity contribution in [3.63, 3.8) is 0 Å².